The molecule has 0 aliphatic rings. The molecule has 2 radical (unpaired) electrons. The molecule has 0 atom stereocenters. The average Bonchev–Trinajstić information content (AvgIpc) is 3.17. The first-order chi connectivity index (χ1) is 27.6. The van der Waals surface area contributed by atoms with Gasteiger partial charge < -0.3 is 72.3 Å². The molecule has 326 valence electrons. The van der Waals surface area contributed by atoms with Crippen LogP contribution in [0.2, 0.25) is 0 Å². The summed E-state index contributed by atoms with van der Waals surface area (Å²) in [5, 5.41) is 5.07. The van der Waals surface area contributed by atoms with Gasteiger partial charge in [-0.3, -0.25) is 4.90 Å². The molecule has 0 aromatic carbocycles. The monoisotopic (exact) mass is 823 g/mol. The maximum atomic E-state index is 12.0. The van der Waals surface area contributed by atoms with Gasteiger partial charge in [-0.1, -0.05) is 13.8 Å². The summed E-state index contributed by atoms with van der Waals surface area (Å²) in [6.45, 7) is 4.38. The van der Waals surface area contributed by atoms with Crippen LogP contribution in [0.15, 0.2) is 0 Å². The van der Waals surface area contributed by atoms with Gasteiger partial charge in [0.15, 0.2) is 7.85 Å². The lowest BCUT2D eigenvalue weighted by Crippen LogP contribution is -2.36. The predicted octanol–water partition coefficient (Wildman–Crippen LogP) is -1.47. The smallest absolute Gasteiger partial charge is 0.407 e. The molecular weight excluding hydrogens is 765 g/mol. The Labute approximate surface area is 333 Å². The third-order valence-corrected chi connectivity index (χ3v) is 6.23. The first-order valence-corrected chi connectivity index (χ1v) is 18.5. The van der Waals surface area contributed by atoms with Crippen LogP contribution in [0.1, 0.15) is 26.7 Å². The van der Waals surface area contributed by atoms with Gasteiger partial charge in [0.25, 0.3) is 0 Å². The third kappa shape index (κ3) is 38.5. The van der Waals surface area contributed by atoms with Crippen LogP contribution in [0.5, 0.6) is 0 Å². The second-order valence-electron chi connectivity index (χ2n) is 11.2. The van der Waals surface area contributed by atoms with E-state index in [1.807, 2.05) is 13.8 Å². The Morgan fingerprint density at radius 2 is 0.754 bits per heavy atom. The van der Waals surface area contributed by atoms with Crippen molar-refractivity contribution in [1.82, 2.24) is 15.5 Å². The van der Waals surface area contributed by atoms with Crippen LogP contribution in [0.25, 0.3) is 0 Å². The molecule has 0 aromatic rings. The molecule has 2 amide bonds. The summed E-state index contributed by atoms with van der Waals surface area (Å²) >= 11 is 0. The normalized spacial score (nSPS) is 10.7. The van der Waals surface area contributed by atoms with Crippen molar-refractivity contribution in [2.24, 2.45) is 0 Å². The summed E-state index contributed by atoms with van der Waals surface area (Å²) in [5.41, 5.74) is -0.666. The van der Waals surface area contributed by atoms with Crippen LogP contribution in [0, 0.1) is 0 Å². The summed E-state index contributed by atoms with van der Waals surface area (Å²) < 4.78 is 60.8. The molecule has 0 heterocycles. The molecule has 0 unspecified atom stereocenters. The second-order valence-corrected chi connectivity index (χ2v) is 11.2. The Hall–Kier alpha value is -4.13. The Bertz CT molecular complexity index is 1040. The van der Waals surface area contributed by atoms with Crippen LogP contribution < -0.4 is 10.6 Å². The molecule has 23 heteroatoms. The van der Waals surface area contributed by atoms with Gasteiger partial charge in [-0.25, -0.2) is 28.8 Å². The lowest BCUT2D eigenvalue weighted by atomic mass is 10.0. The van der Waals surface area contributed by atoms with E-state index in [-0.39, 0.29) is 98.9 Å². The Kier molecular flexibility index (Phi) is 35.9. The van der Waals surface area contributed by atoms with E-state index in [1.165, 1.54) is 4.90 Å². The Morgan fingerprint density at radius 1 is 0.421 bits per heavy atom. The first kappa shape index (κ1) is 52.9. The zero-order valence-corrected chi connectivity index (χ0v) is 33.0. The molecule has 0 fully saturated rings. The van der Waals surface area contributed by atoms with Crippen molar-refractivity contribution in [3.63, 3.8) is 0 Å². The summed E-state index contributed by atoms with van der Waals surface area (Å²) in [4.78, 5) is 82.9. The number of alkyl carbamates (subject to hydrolysis) is 2. The quantitative estimate of drug-likeness (QED) is 0.0312. The molecule has 0 rings (SSSR count). The topological polar surface area (TPSA) is 258 Å². The molecule has 0 saturated heterocycles. The highest BCUT2D eigenvalue weighted by Gasteiger charge is 2.13. The number of esters is 4. The standard InChI is InChI=1S/C34H58BN3O19/c1-3-9-56-33(44)36-5-11-46-15-17-48-19-21-54-31(42)26-50-24-29(40)52-13-7-38(23-28(35)39)8-14-53-30(41)25-51-27-32(43)55-22-20-49-18-16-47-12-6-37-34(45)57-10-4-2/h3-27H2,1-2H3,(H,36,44)(H,37,45). The lowest BCUT2D eigenvalue weighted by molar-refractivity contribution is -0.157. The van der Waals surface area contributed by atoms with Crippen LogP contribution in [0.4, 0.5) is 9.59 Å². The van der Waals surface area contributed by atoms with Gasteiger partial charge in [-0.05, 0) is 12.8 Å². The first-order valence-electron chi connectivity index (χ1n) is 18.5. The molecule has 0 aliphatic heterocycles. The van der Waals surface area contributed by atoms with Gasteiger partial charge in [0.05, 0.1) is 71.8 Å². The van der Waals surface area contributed by atoms with Gasteiger partial charge in [-0.2, -0.15) is 0 Å². The van der Waals surface area contributed by atoms with Gasteiger partial charge in [0.1, 0.15) is 52.9 Å². The van der Waals surface area contributed by atoms with Crippen molar-refractivity contribution >= 4 is 49.6 Å². The molecule has 0 saturated carbocycles. The number of hydrogen-bond acceptors (Lipinski definition) is 20. The maximum absolute atomic E-state index is 12.0. The highest BCUT2D eigenvalue weighted by atomic mass is 16.6. The fourth-order valence-electron chi connectivity index (χ4n) is 3.68. The minimum absolute atomic E-state index is 0.0400. The number of carbonyl (C=O) groups is 7. The van der Waals surface area contributed by atoms with E-state index in [9.17, 15) is 33.6 Å². The lowest BCUT2D eigenvalue weighted by Gasteiger charge is -2.20. The largest absolute Gasteiger partial charge is 0.463 e. The van der Waals surface area contributed by atoms with Gasteiger partial charge in [0.2, 0.25) is 0 Å². The number of nitrogens with zero attached hydrogens (tertiary/aromatic N) is 1. The van der Waals surface area contributed by atoms with E-state index in [4.69, 9.17) is 64.7 Å². The minimum atomic E-state index is -0.772. The third-order valence-electron chi connectivity index (χ3n) is 6.23. The van der Waals surface area contributed by atoms with Gasteiger partial charge in [-0.15, -0.1) is 0 Å². The number of amides is 2. The predicted molar refractivity (Wildman–Crippen MR) is 195 cm³/mol. The molecule has 0 bridgehead atoms. The second kappa shape index (κ2) is 38.7. The highest BCUT2D eigenvalue weighted by Crippen LogP contribution is 1.94. The van der Waals surface area contributed by atoms with E-state index in [2.05, 4.69) is 10.6 Å². The zero-order valence-electron chi connectivity index (χ0n) is 33.0. The van der Waals surface area contributed by atoms with Crippen molar-refractivity contribution in [3.8, 4) is 0 Å². The van der Waals surface area contributed by atoms with Gasteiger partial charge >= 0.3 is 36.1 Å². The maximum Gasteiger partial charge on any atom is 0.407 e. The Balaban J connectivity index is 3.84. The van der Waals surface area contributed by atoms with E-state index < -0.39 is 68.2 Å². The number of hydrogen-bond donors (Lipinski definition) is 2. The molecule has 0 aliphatic carbocycles. The van der Waals surface area contributed by atoms with Crippen molar-refractivity contribution in [2.75, 3.05) is 152 Å². The summed E-state index contributed by atoms with van der Waals surface area (Å²) in [5.74, 6) is -2.98. The molecule has 57 heavy (non-hydrogen) atoms. The highest BCUT2D eigenvalue weighted by molar-refractivity contribution is 6.58. The van der Waals surface area contributed by atoms with E-state index >= 15 is 0 Å². The van der Waals surface area contributed by atoms with Crippen molar-refractivity contribution in [1.29, 1.82) is 0 Å². The summed E-state index contributed by atoms with van der Waals surface area (Å²) in [6, 6.07) is 0. The average molecular weight is 824 g/mol. The van der Waals surface area contributed by atoms with Crippen molar-refractivity contribution in [3.05, 3.63) is 0 Å². The van der Waals surface area contributed by atoms with Crippen LogP contribution >= 0.6 is 0 Å². The fraction of sp³-hybridized carbons (Fsp3) is 0.794. The van der Waals surface area contributed by atoms with Crippen LogP contribution in [-0.4, -0.2) is 206 Å². The fourth-order valence-corrected chi connectivity index (χ4v) is 3.68. The molecule has 2 N–H and O–H groups in total. The van der Waals surface area contributed by atoms with Crippen molar-refractivity contribution < 1.29 is 90.4 Å². The molecular formula is C34H58BN3O19. The molecule has 0 spiro atoms. The number of rotatable bonds is 38. The SMILES string of the molecule is [B]C(=O)CN(CCOC(=O)COCC(=O)OCCOCCOCCNC(=O)OCCC)CCOC(=O)COCC(=O)OCCOCCOCCNC(=O)OCCC. The number of nitrogens with one attached hydrogen (secondary N) is 2. The number of carbonyl (C=O) groups excluding carboxylic acids is 7. The summed E-state index contributed by atoms with van der Waals surface area (Å²) in [6.07, 6.45) is 0.467. The van der Waals surface area contributed by atoms with E-state index in [0.717, 1.165) is 12.8 Å². The van der Waals surface area contributed by atoms with E-state index in [0.29, 0.717) is 26.3 Å². The minimum Gasteiger partial charge on any atom is -0.463 e. The Morgan fingerprint density at radius 3 is 1.11 bits per heavy atom. The van der Waals surface area contributed by atoms with Crippen LogP contribution in [-0.2, 0) is 80.8 Å². The van der Waals surface area contributed by atoms with E-state index in [1.54, 1.807) is 0 Å². The van der Waals surface area contributed by atoms with Gasteiger partial charge in [0, 0.05) is 32.7 Å². The molecule has 0 aromatic heterocycles. The zero-order chi connectivity index (χ0) is 42.2. The van der Waals surface area contributed by atoms with Crippen molar-refractivity contribution in [2.45, 2.75) is 26.7 Å². The summed E-state index contributed by atoms with van der Waals surface area (Å²) in [7, 11) is 5.26. The molecule has 22 nitrogen and oxygen atoms in total. The van der Waals surface area contributed by atoms with Crippen LogP contribution in [0.3, 0.4) is 0 Å². The number of ether oxygens (including phenoxy) is 12.